The number of nitrogens with one attached hydrogen (secondary N) is 1. The normalized spacial score (nSPS) is 17.1. The first-order valence-corrected chi connectivity index (χ1v) is 6.71. The number of rotatable bonds is 1. The number of aryl methyl sites for hydroxylation is 1. The topological polar surface area (TPSA) is 33.1 Å². The zero-order chi connectivity index (χ0) is 12.5. The largest absolute Gasteiger partial charge is 0.341 e. The van der Waals surface area contributed by atoms with Crippen LogP contribution in [0, 0.1) is 0 Å². The van der Waals surface area contributed by atoms with Crippen molar-refractivity contribution in [3.05, 3.63) is 23.2 Å². The summed E-state index contributed by atoms with van der Waals surface area (Å²) < 4.78 is 2.13. The van der Waals surface area contributed by atoms with E-state index in [1.807, 2.05) is 18.2 Å². The summed E-state index contributed by atoms with van der Waals surface area (Å²) in [6.45, 7) is 4.17. The van der Waals surface area contributed by atoms with E-state index in [2.05, 4.69) is 21.8 Å². The summed E-state index contributed by atoms with van der Waals surface area (Å²) in [6.07, 6.45) is 1.16. The molecule has 0 atom stereocenters. The van der Waals surface area contributed by atoms with Gasteiger partial charge in [-0.25, -0.2) is 4.98 Å². The molecule has 1 fully saturated rings. The van der Waals surface area contributed by atoms with Crippen molar-refractivity contribution in [2.45, 2.75) is 6.42 Å². The lowest BCUT2D eigenvalue weighted by atomic mass is 10.3. The maximum Gasteiger partial charge on any atom is 0.206 e. The minimum absolute atomic E-state index is 0.759. The fourth-order valence-electron chi connectivity index (χ4n) is 2.48. The standard InChI is InChI=1S/C13H17ClN4/c1-17-12-9-10(14)3-4-11(12)16-13(17)18-7-2-5-15-6-8-18/h3-4,9,15H,2,5-8H2,1H3. The molecule has 96 valence electrons. The molecule has 1 aliphatic rings. The quantitative estimate of drug-likeness (QED) is 0.856. The van der Waals surface area contributed by atoms with Gasteiger partial charge in [0.05, 0.1) is 11.0 Å². The Kier molecular flexibility index (Phi) is 3.14. The van der Waals surface area contributed by atoms with Crippen LogP contribution in [0.5, 0.6) is 0 Å². The number of hydrogen-bond acceptors (Lipinski definition) is 3. The van der Waals surface area contributed by atoms with Gasteiger partial charge in [0.1, 0.15) is 0 Å². The second kappa shape index (κ2) is 4.78. The molecule has 1 aromatic carbocycles. The van der Waals surface area contributed by atoms with Gasteiger partial charge in [-0.3, -0.25) is 0 Å². The minimum atomic E-state index is 0.759. The van der Waals surface area contributed by atoms with E-state index < -0.39 is 0 Å². The van der Waals surface area contributed by atoms with Crippen LogP contribution in [0.2, 0.25) is 5.02 Å². The van der Waals surface area contributed by atoms with E-state index in [1.54, 1.807) is 0 Å². The summed E-state index contributed by atoms with van der Waals surface area (Å²) in [5.41, 5.74) is 2.10. The van der Waals surface area contributed by atoms with Crippen molar-refractivity contribution in [1.82, 2.24) is 14.9 Å². The maximum absolute atomic E-state index is 6.05. The third kappa shape index (κ3) is 2.06. The van der Waals surface area contributed by atoms with Crippen molar-refractivity contribution in [1.29, 1.82) is 0 Å². The van der Waals surface area contributed by atoms with Gasteiger partial charge >= 0.3 is 0 Å². The van der Waals surface area contributed by atoms with E-state index in [-0.39, 0.29) is 0 Å². The van der Waals surface area contributed by atoms with Gasteiger partial charge in [0, 0.05) is 31.7 Å². The third-order valence-corrected chi connectivity index (χ3v) is 3.68. The molecule has 3 rings (SSSR count). The summed E-state index contributed by atoms with van der Waals surface area (Å²) in [7, 11) is 2.05. The van der Waals surface area contributed by atoms with Crippen LogP contribution in [0.4, 0.5) is 5.95 Å². The van der Waals surface area contributed by atoms with Crippen LogP contribution in [0.25, 0.3) is 11.0 Å². The molecule has 0 radical (unpaired) electrons. The summed E-state index contributed by atoms with van der Waals surface area (Å²) >= 11 is 6.05. The Morgan fingerprint density at radius 3 is 3.06 bits per heavy atom. The number of hydrogen-bond donors (Lipinski definition) is 1. The van der Waals surface area contributed by atoms with Crippen LogP contribution in [0.1, 0.15) is 6.42 Å². The SMILES string of the molecule is Cn1c(N2CCCNCC2)nc2ccc(Cl)cc21. The molecule has 1 aromatic heterocycles. The van der Waals surface area contributed by atoms with Gasteiger partial charge in [0.2, 0.25) is 5.95 Å². The Morgan fingerprint density at radius 2 is 2.17 bits per heavy atom. The smallest absolute Gasteiger partial charge is 0.206 e. The number of fused-ring (bicyclic) bond motifs is 1. The molecule has 0 amide bonds. The summed E-state index contributed by atoms with van der Waals surface area (Å²) in [5.74, 6) is 1.04. The van der Waals surface area contributed by atoms with Gasteiger partial charge < -0.3 is 14.8 Å². The number of aromatic nitrogens is 2. The van der Waals surface area contributed by atoms with Crippen LogP contribution >= 0.6 is 11.6 Å². The van der Waals surface area contributed by atoms with Crippen molar-refractivity contribution >= 4 is 28.6 Å². The molecule has 18 heavy (non-hydrogen) atoms. The van der Waals surface area contributed by atoms with Crippen molar-refractivity contribution < 1.29 is 0 Å². The number of benzene rings is 1. The third-order valence-electron chi connectivity index (χ3n) is 3.44. The second-order valence-corrected chi connectivity index (χ2v) is 5.13. The van der Waals surface area contributed by atoms with E-state index in [0.717, 1.165) is 54.6 Å². The molecule has 0 aliphatic carbocycles. The highest BCUT2D eigenvalue weighted by Crippen LogP contribution is 2.24. The number of anilines is 1. The monoisotopic (exact) mass is 264 g/mol. The van der Waals surface area contributed by atoms with Crippen molar-refractivity contribution in [3.63, 3.8) is 0 Å². The molecule has 1 N–H and O–H groups in total. The zero-order valence-corrected chi connectivity index (χ0v) is 11.2. The summed E-state index contributed by atoms with van der Waals surface area (Å²) in [4.78, 5) is 7.06. The zero-order valence-electron chi connectivity index (χ0n) is 10.5. The number of imidazole rings is 1. The Morgan fingerprint density at radius 1 is 1.28 bits per heavy atom. The molecule has 4 nitrogen and oxygen atoms in total. The molecule has 1 aliphatic heterocycles. The Labute approximate surface area is 112 Å². The second-order valence-electron chi connectivity index (χ2n) is 4.69. The number of nitrogens with zero attached hydrogens (tertiary/aromatic N) is 3. The van der Waals surface area contributed by atoms with Crippen LogP contribution < -0.4 is 10.2 Å². The molecule has 2 heterocycles. The lowest BCUT2D eigenvalue weighted by Gasteiger charge is -2.20. The summed E-state index contributed by atoms with van der Waals surface area (Å²) in [6, 6.07) is 5.85. The fraction of sp³-hybridized carbons (Fsp3) is 0.462. The maximum atomic E-state index is 6.05. The highest BCUT2D eigenvalue weighted by molar-refractivity contribution is 6.31. The van der Waals surface area contributed by atoms with Gasteiger partial charge in [-0.1, -0.05) is 11.6 Å². The van der Waals surface area contributed by atoms with Crippen LogP contribution in [-0.4, -0.2) is 35.7 Å². The van der Waals surface area contributed by atoms with E-state index >= 15 is 0 Å². The first-order chi connectivity index (χ1) is 8.75. The van der Waals surface area contributed by atoms with Gasteiger partial charge in [0.15, 0.2) is 0 Å². The molecule has 5 heteroatoms. The van der Waals surface area contributed by atoms with Gasteiger partial charge in [-0.05, 0) is 31.2 Å². The van der Waals surface area contributed by atoms with Gasteiger partial charge in [-0.2, -0.15) is 0 Å². The Balaban J connectivity index is 2.03. The van der Waals surface area contributed by atoms with Crippen LogP contribution in [0.3, 0.4) is 0 Å². The lowest BCUT2D eigenvalue weighted by Crippen LogP contribution is -2.29. The first kappa shape index (κ1) is 11.8. The van der Waals surface area contributed by atoms with E-state index in [0.29, 0.717) is 0 Å². The van der Waals surface area contributed by atoms with Gasteiger partial charge in [0.25, 0.3) is 0 Å². The van der Waals surface area contributed by atoms with Crippen molar-refractivity contribution in [2.75, 3.05) is 31.1 Å². The average Bonchev–Trinajstić information content (AvgIpc) is 2.59. The van der Waals surface area contributed by atoms with Gasteiger partial charge in [-0.15, -0.1) is 0 Å². The highest BCUT2D eigenvalue weighted by Gasteiger charge is 2.16. The molecule has 0 bridgehead atoms. The molecule has 0 saturated carbocycles. The lowest BCUT2D eigenvalue weighted by molar-refractivity contribution is 0.724. The van der Waals surface area contributed by atoms with E-state index in [1.165, 1.54) is 0 Å². The highest BCUT2D eigenvalue weighted by atomic mass is 35.5. The molecule has 2 aromatic rings. The number of halogens is 1. The fourth-order valence-corrected chi connectivity index (χ4v) is 2.65. The molecule has 0 unspecified atom stereocenters. The van der Waals surface area contributed by atoms with E-state index in [4.69, 9.17) is 16.6 Å². The average molecular weight is 265 g/mol. The molecule has 0 spiro atoms. The molecule has 1 saturated heterocycles. The predicted molar refractivity (Wildman–Crippen MR) is 75.4 cm³/mol. The minimum Gasteiger partial charge on any atom is -0.341 e. The first-order valence-electron chi connectivity index (χ1n) is 6.33. The Hall–Kier alpha value is -1.26. The van der Waals surface area contributed by atoms with Crippen LogP contribution in [-0.2, 0) is 7.05 Å². The molecular formula is C13H17ClN4. The van der Waals surface area contributed by atoms with Crippen LogP contribution in [0.15, 0.2) is 18.2 Å². The Bertz CT molecular complexity index is 555. The van der Waals surface area contributed by atoms with Crippen molar-refractivity contribution in [2.24, 2.45) is 7.05 Å². The predicted octanol–water partition coefficient (Wildman–Crippen LogP) is 2.03. The van der Waals surface area contributed by atoms with Crippen molar-refractivity contribution in [3.8, 4) is 0 Å². The van der Waals surface area contributed by atoms with E-state index in [9.17, 15) is 0 Å². The summed E-state index contributed by atoms with van der Waals surface area (Å²) in [5, 5.41) is 4.17. The molecular weight excluding hydrogens is 248 g/mol.